The zero-order valence-electron chi connectivity index (χ0n) is 19.5. The molecule has 0 spiro atoms. The molecular formula is C27H24Cl2N4OS. The van der Waals surface area contributed by atoms with Crippen molar-refractivity contribution >= 4 is 46.2 Å². The molecular weight excluding hydrogens is 499 g/mol. The third kappa shape index (κ3) is 4.16. The van der Waals surface area contributed by atoms with Crippen LogP contribution < -0.4 is 10.2 Å². The van der Waals surface area contributed by atoms with E-state index in [-0.39, 0.29) is 17.8 Å². The molecule has 1 aliphatic heterocycles. The van der Waals surface area contributed by atoms with E-state index in [4.69, 9.17) is 35.4 Å². The van der Waals surface area contributed by atoms with Crippen molar-refractivity contribution in [2.45, 2.75) is 32.9 Å². The summed E-state index contributed by atoms with van der Waals surface area (Å²) in [4.78, 5) is 6.56. The monoisotopic (exact) mass is 522 g/mol. The fourth-order valence-electron chi connectivity index (χ4n) is 4.90. The Morgan fingerprint density at radius 2 is 1.66 bits per heavy atom. The zero-order chi connectivity index (χ0) is 24.9. The van der Waals surface area contributed by atoms with Gasteiger partial charge in [0.2, 0.25) is 0 Å². The second-order valence-electron chi connectivity index (χ2n) is 8.72. The molecule has 2 aromatic heterocycles. The van der Waals surface area contributed by atoms with Gasteiger partial charge in [0.25, 0.3) is 0 Å². The molecule has 0 radical (unpaired) electrons. The first-order valence-corrected chi connectivity index (χ1v) is 12.4. The van der Waals surface area contributed by atoms with Crippen molar-refractivity contribution in [3.05, 3.63) is 105 Å². The molecule has 0 amide bonds. The minimum absolute atomic E-state index is 0.102. The first kappa shape index (κ1) is 23.7. The molecule has 5 rings (SSSR count). The SMILES string of the molecule is Cc1ccc(Cl)cc1-n1c(C)cc(C2C(c3ccccn3)NC(=S)N2c2cc(Cl)ccc2O)c1C. The van der Waals surface area contributed by atoms with Crippen molar-refractivity contribution in [2.75, 3.05) is 4.90 Å². The highest BCUT2D eigenvalue weighted by atomic mass is 35.5. The molecule has 1 saturated heterocycles. The Morgan fingerprint density at radius 3 is 2.37 bits per heavy atom. The van der Waals surface area contributed by atoms with E-state index in [1.54, 1.807) is 24.4 Å². The Kier molecular flexibility index (Phi) is 6.21. The second kappa shape index (κ2) is 9.19. The van der Waals surface area contributed by atoms with Crippen LogP contribution in [0.2, 0.25) is 10.0 Å². The van der Waals surface area contributed by atoms with Crippen LogP contribution in [0.3, 0.4) is 0 Å². The fraction of sp³-hybridized carbons (Fsp3) is 0.185. The highest BCUT2D eigenvalue weighted by Gasteiger charge is 2.43. The van der Waals surface area contributed by atoms with Crippen LogP contribution in [0.4, 0.5) is 5.69 Å². The van der Waals surface area contributed by atoms with Gasteiger partial charge in [0, 0.05) is 33.3 Å². The summed E-state index contributed by atoms with van der Waals surface area (Å²) in [5.41, 5.74) is 6.72. The van der Waals surface area contributed by atoms with Crippen LogP contribution >= 0.6 is 35.4 Å². The lowest BCUT2D eigenvalue weighted by Crippen LogP contribution is -2.29. The van der Waals surface area contributed by atoms with E-state index in [0.717, 1.165) is 33.9 Å². The lowest BCUT2D eigenvalue weighted by Gasteiger charge is -2.29. The van der Waals surface area contributed by atoms with E-state index < -0.39 is 0 Å². The van der Waals surface area contributed by atoms with E-state index in [1.807, 2.05) is 41.3 Å². The van der Waals surface area contributed by atoms with Crippen LogP contribution in [-0.4, -0.2) is 19.8 Å². The average Bonchev–Trinajstić information content (AvgIpc) is 3.33. The highest BCUT2D eigenvalue weighted by molar-refractivity contribution is 7.80. The molecule has 5 nitrogen and oxygen atoms in total. The van der Waals surface area contributed by atoms with Gasteiger partial charge >= 0.3 is 0 Å². The lowest BCUT2D eigenvalue weighted by molar-refractivity contribution is 0.472. The molecule has 8 heteroatoms. The van der Waals surface area contributed by atoms with E-state index in [2.05, 4.69) is 41.7 Å². The first-order valence-electron chi connectivity index (χ1n) is 11.2. The number of nitrogens with one attached hydrogen (secondary N) is 1. The second-order valence-corrected chi connectivity index (χ2v) is 9.98. The Morgan fingerprint density at radius 1 is 0.943 bits per heavy atom. The molecule has 35 heavy (non-hydrogen) atoms. The van der Waals surface area contributed by atoms with Crippen LogP contribution in [0, 0.1) is 20.8 Å². The maximum atomic E-state index is 10.8. The molecule has 2 unspecified atom stereocenters. The molecule has 2 atom stereocenters. The summed E-state index contributed by atoms with van der Waals surface area (Å²) in [6, 6.07) is 18.4. The summed E-state index contributed by atoms with van der Waals surface area (Å²) in [7, 11) is 0. The van der Waals surface area contributed by atoms with Gasteiger partial charge in [0.05, 0.1) is 23.5 Å². The Balaban J connectivity index is 1.73. The number of hydrogen-bond donors (Lipinski definition) is 2. The van der Waals surface area contributed by atoms with Gasteiger partial charge in [-0.25, -0.2) is 0 Å². The summed E-state index contributed by atoms with van der Waals surface area (Å²) in [6.45, 7) is 6.24. The number of nitrogens with zero attached hydrogens (tertiary/aromatic N) is 3. The number of pyridine rings is 1. The summed E-state index contributed by atoms with van der Waals surface area (Å²) >= 11 is 18.5. The smallest absolute Gasteiger partial charge is 0.174 e. The normalized spacial score (nSPS) is 17.6. The van der Waals surface area contributed by atoms with Crippen LogP contribution in [0.1, 0.15) is 40.3 Å². The number of anilines is 1. The van der Waals surface area contributed by atoms with Gasteiger partial charge in [0.15, 0.2) is 5.11 Å². The quantitative estimate of drug-likeness (QED) is 0.283. The third-order valence-electron chi connectivity index (χ3n) is 6.50. The van der Waals surface area contributed by atoms with Gasteiger partial charge in [-0.1, -0.05) is 35.3 Å². The minimum Gasteiger partial charge on any atom is -0.506 e. The molecule has 178 valence electrons. The van der Waals surface area contributed by atoms with Gasteiger partial charge in [0.1, 0.15) is 5.75 Å². The summed E-state index contributed by atoms with van der Waals surface area (Å²) in [5.74, 6) is 0.102. The Hall–Kier alpha value is -3.06. The minimum atomic E-state index is -0.277. The zero-order valence-corrected chi connectivity index (χ0v) is 21.8. The average molecular weight is 523 g/mol. The van der Waals surface area contributed by atoms with Crippen molar-refractivity contribution in [1.82, 2.24) is 14.9 Å². The van der Waals surface area contributed by atoms with Crippen LogP contribution in [0.15, 0.2) is 66.9 Å². The van der Waals surface area contributed by atoms with Crippen LogP contribution in [-0.2, 0) is 0 Å². The number of aromatic nitrogens is 2. The number of hydrogen-bond acceptors (Lipinski definition) is 3. The van der Waals surface area contributed by atoms with Crippen molar-refractivity contribution in [2.24, 2.45) is 0 Å². The van der Waals surface area contributed by atoms with E-state index in [9.17, 15) is 5.11 Å². The Labute approximate surface area is 219 Å². The molecule has 3 heterocycles. The number of aryl methyl sites for hydroxylation is 2. The molecule has 0 saturated carbocycles. The third-order valence-corrected chi connectivity index (χ3v) is 7.28. The maximum absolute atomic E-state index is 10.8. The molecule has 1 aliphatic rings. The number of benzene rings is 2. The largest absolute Gasteiger partial charge is 0.506 e. The number of phenols is 1. The molecule has 4 aromatic rings. The standard InChI is InChI=1S/C27H24Cl2N4OS/c1-15-7-8-18(28)13-22(15)32-16(2)12-20(17(32)3)26-25(21-6-4-5-11-30-21)31-27(35)33(26)23-14-19(29)9-10-24(23)34/h4-14,25-26,34H,1-3H3,(H,31,35). The van der Waals surface area contributed by atoms with Gasteiger partial charge < -0.3 is 19.9 Å². The Bertz CT molecular complexity index is 1440. The predicted molar refractivity (Wildman–Crippen MR) is 146 cm³/mol. The van der Waals surface area contributed by atoms with Gasteiger partial charge in [-0.15, -0.1) is 0 Å². The van der Waals surface area contributed by atoms with Gasteiger partial charge in [-0.05, 0) is 92.6 Å². The molecule has 0 aliphatic carbocycles. The maximum Gasteiger partial charge on any atom is 0.174 e. The molecule has 2 aromatic carbocycles. The predicted octanol–water partition coefficient (Wildman–Crippen LogP) is 6.99. The first-order chi connectivity index (χ1) is 16.8. The van der Waals surface area contributed by atoms with E-state index in [1.165, 1.54) is 0 Å². The van der Waals surface area contributed by atoms with Crippen LogP contribution in [0.5, 0.6) is 5.75 Å². The number of halogens is 2. The van der Waals surface area contributed by atoms with Crippen molar-refractivity contribution in [1.29, 1.82) is 0 Å². The van der Waals surface area contributed by atoms with Gasteiger partial charge in [-0.3, -0.25) is 4.98 Å². The summed E-state index contributed by atoms with van der Waals surface area (Å²) in [5, 5.41) is 15.9. The van der Waals surface area contributed by atoms with Crippen molar-refractivity contribution in [3.63, 3.8) is 0 Å². The number of aromatic hydroxyl groups is 1. The fourth-order valence-corrected chi connectivity index (χ4v) is 5.57. The molecule has 2 N–H and O–H groups in total. The number of thiocarbonyl (C=S) groups is 1. The summed E-state index contributed by atoms with van der Waals surface area (Å²) < 4.78 is 2.21. The van der Waals surface area contributed by atoms with E-state index >= 15 is 0 Å². The highest BCUT2D eigenvalue weighted by Crippen LogP contribution is 2.46. The van der Waals surface area contributed by atoms with E-state index in [0.29, 0.717) is 20.8 Å². The number of phenolic OH excluding ortho intramolecular Hbond substituents is 1. The lowest BCUT2D eigenvalue weighted by atomic mass is 9.96. The number of rotatable bonds is 4. The summed E-state index contributed by atoms with van der Waals surface area (Å²) in [6.07, 6.45) is 1.77. The van der Waals surface area contributed by atoms with Crippen molar-refractivity contribution in [3.8, 4) is 11.4 Å². The molecule has 1 fully saturated rings. The molecule has 0 bridgehead atoms. The topological polar surface area (TPSA) is 53.3 Å². The van der Waals surface area contributed by atoms with Crippen molar-refractivity contribution < 1.29 is 5.11 Å². The van der Waals surface area contributed by atoms with Gasteiger partial charge in [-0.2, -0.15) is 0 Å². The van der Waals surface area contributed by atoms with Crippen LogP contribution in [0.25, 0.3) is 5.69 Å².